The summed E-state index contributed by atoms with van der Waals surface area (Å²) in [4.78, 5) is 14.6. The molecule has 1 atom stereocenters. The Morgan fingerprint density at radius 2 is 1.83 bits per heavy atom. The molecular weight excluding hydrogens is 226 g/mol. The summed E-state index contributed by atoms with van der Waals surface area (Å²) < 4.78 is 0. The third kappa shape index (κ3) is 3.23. The zero-order valence-corrected chi connectivity index (χ0v) is 11.9. The number of carbonyl (C=O) groups is 1. The van der Waals surface area contributed by atoms with Gasteiger partial charge in [0.15, 0.2) is 0 Å². The van der Waals surface area contributed by atoms with E-state index in [-0.39, 0.29) is 11.8 Å². The largest absolute Gasteiger partial charge is 0.353 e. The Kier molecular flexibility index (Phi) is 4.62. The molecule has 0 aliphatic carbocycles. The molecule has 0 aromatic heterocycles. The van der Waals surface area contributed by atoms with Gasteiger partial charge in [-0.05, 0) is 45.7 Å². The SMILES string of the molecule is CC(C(=O)NC1CCN(C(C)C)CC1)C1CNC1. The molecule has 2 aliphatic rings. The Bertz CT molecular complexity index is 281. The third-order valence-corrected chi connectivity index (χ3v) is 4.54. The van der Waals surface area contributed by atoms with Crippen molar-refractivity contribution in [3.05, 3.63) is 0 Å². The van der Waals surface area contributed by atoms with Crippen LogP contribution in [0.1, 0.15) is 33.6 Å². The normalized spacial score (nSPS) is 24.9. The molecule has 2 saturated heterocycles. The molecule has 1 amide bonds. The van der Waals surface area contributed by atoms with Crippen molar-refractivity contribution in [2.24, 2.45) is 11.8 Å². The Balaban J connectivity index is 1.72. The molecule has 2 fully saturated rings. The fraction of sp³-hybridized carbons (Fsp3) is 0.929. The Morgan fingerprint density at radius 3 is 2.28 bits per heavy atom. The van der Waals surface area contributed by atoms with Crippen molar-refractivity contribution >= 4 is 5.91 Å². The summed E-state index contributed by atoms with van der Waals surface area (Å²) in [6, 6.07) is 1.02. The van der Waals surface area contributed by atoms with Crippen LogP contribution in [-0.4, -0.2) is 49.1 Å². The van der Waals surface area contributed by atoms with Crippen LogP contribution >= 0.6 is 0 Å². The topological polar surface area (TPSA) is 44.4 Å². The third-order valence-electron chi connectivity index (χ3n) is 4.54. The van der Waals surface area contributed by atoms with Crippen LogP contribution in [0.3, 0.4) is 0 Å². The predicted molar refractivity (Wildman–Crippen MR) is 73.4 cm³/mol. The standard InChI is InChI=1S/C14H27N3O/c1-10(2)17-6-4-13(5-7-17)16-14(18)11(3)12-8-15-9-12/h10-13,15H,4-9H2,1-3H3,(H,16,18). The van der Waals surface area contributed by atoms with E-state index in [1.165, 1.54) is 0 Å². The average molecular weight is 253 g/mol. The minimum Gasteiger partial charge on any atom is -0.353 e. The van der Waals surface area contributed by atoms with E-state index in [4.69, 9.17) is 0 Å². The van der Waals surface area contributed by atoms with E-state index in [1.807, 2.05) is 0 Å². The monoisotopic (exact) mass is 253 g/mol. The van der Waals surface area contributed by atoms with Gasteiger partial charge in [0.05, 0.1) is 0 Å². The molecule has 0 aromatic carbocycles. The van der Waals surface area contributed by atoms with Crippen LogP contribution in [0, 0.1) is 11.8 Å². The lowest BCUT2D eigenvalue weighted by Gasteiger charge is -2.36. The van der Waals surface area contributed by atoms with E-state index >= 15 is 0 Å². The lowest BCUT2D eigenvalue weighted by atomic mass is 9.88. The fourth-order valence-corrected chi connectivity index (χ4v) is 2.77. The highest BCUT2D eigenvalue weighted by Gasteiger charge is 2.30. The van der Waals surface area contributed by atoms with E-state index in [0.29, 0.717) is 18.0 Å². The molecule has 1 unspecified atom stereocenters. The highest BCUT2D eigenvalue weighted by atomic mass is 16.1. The Labute approximate surface area is 110 Å². The molecule has 2 N–H and O–H groups in total. The minimum atomic E-state index is 0.161. The van der Waals surface area contributed by atoms with Gasteiger partial charge in [-0.15, -0.1) is 0 Å². The first-order valence-electron chi connectivity index (χ1n) is 7.33. The Hall–Kier alpha value is -0.610. The second-order valence-corrected chi connectivity index (χ2v) is 6.12. The van der Waals surface area contributed by atoms with Crippen LogP contribution in [0.4, 0.5) is 0 Å². The fourth-order valence-electron chi connectivity index (χ4n) is 2.77. The number of carbonyl (C=O) groups excluding carboxylic acids is 1. The molecule has 2 aliphatic heterocycles. The molecule has 0 radical (unpaired) electrons. The van der Waals surface area contributed by atoms with Gasteiger partial charge >= 0.3 is 0 Å². The van der Waals surface area contributed by atoms with Gasteiger partial charge in [0, 0.05) is 31.1 Å². The lowest BCUT2D eigenvalue weighted by Crippen LogP contribution is -2.52. The highest BCUT2D eigenvalue weighted by Crippen LogP contribution is 2.18. The van der Waals surface area contributed by atoms with Gasteiger partial charge in [0.1, 0.15) is 0 Å². The summed E-state index contributed by atoms with van der Waals surface area (Å²) in [5, 5.41) is 6.47. The quantitative estimate of drug-likeness (QED) is 0.780. The van der Waals surface area contributed by atoms with Gasteiger partial charge in [0.2, 0.25) is 5.91 Å². The molecule has 104 valence electrons. The van der Waals surface area contributed by atoms with Crippen LogP contribution in [0.15, 0.2) is 0 Å². The number of amides is 1. The molecule has 0 spiro atoms. The van der Waals surface area contributed by atoms with Gasteiger partial charge in [-0.3, -0.25) is 4.79 Å². The zero-order chi connectivity index (χ0) is 13.1. The maximum absolute atomic E-state index is 12.1. The van der Waals surface area contributed by atoms with Crippen LogP contribution in [0.5, 0.6) is 0 Å². The number of hydrogen-bond donors (Lipinski definition) is 2. The number of likely N-dealkylation sites (tertiary alicyclic amines) is 1. The molecule has 2 heterocycles. The maximum Gasteiger partial charge on any atom is 0.223 e. The zero-order valence-electron chi connectivity index (χ0n) is 11.9. The van der Waals surface area contributed by atoms with Crippen LogP contribution in [0.2, 0.25) is 0 Å². The summed E-state index contributed by atoms with van der Waals surface area (Å²) in [5.41, 5.74) is 0. The van der Waals surface area contributed by atoms with E-state index in [0.717, 1.165) is 39.0 Å². The molecule has 0 aromatic rings. The number of nitrogens with one attached hydrogen (secondary N) is 2. The number of piperidine rings is 1. The summed E-state index contributed by atoms with van der Waals surface area (Å²) in [7, 11) is 0. The summed E-state index contributed by atoms with van der Waals surface area (Å²) >= 11 is 0. The molecular formula is C14H27N3O. The first-order chi connectivity index (χ1) is 8.58. The van der Waals surface area contributed by atoms with Crippen molar-refractivity contribution in [1.29, 1.82) is 0 Å². The second kappa shape index (κ2) is 6.02. The van der Waals surface area contributed by atoms with Crippen molar-refractivity contribution < 1.29 is 4.79 Å². The van der Waals surface area contributed by atoms with Gasteiger partial charge in [-0.25, -0.2) is 0 Å². The van der Waals surface area contributed by atoms with Crippen molar-refractivity contribution in [1.82, 2.24) is 15.5 Å². The maximum atomic E-state index is 12.1. The number of rotatable bonds is 4. The van der Waals surface area contributed by atoms with Crippen LogP contribution in [0.25, 0.3) is 0 Å². The predicted octanol–water partition coefficient (Wildman–Crippen LogP) is 0.831. The van der Waals surface area contributed by atoms with E-state index in [9.17, 15) is 4.79 Å². The molecule has 4 nitrogen and oxygen atoms in total. The van der Waals surface area contributed by atoms with E-state index in [1.54, 1.807) is 0 Å². The van der Waals surface area contributed by atoms with Gasteiger partial charge < -0.3 is 15.5 Å². The average Bonchev–Trinajstić information content (AvgIpc) is 2.27. The van der Waals surface area contributed by atoms with E-state index in [2.05, 4.69) is 36.3 Å². The Morgan fingerprint density at radius 1 is 1.22 bits per heavy atom. The van der Waals surface area contributed by atoms with E-state index < -0.39 is 0 Å². The smallest absolute Gasteiger partial charge is 0.223 e. The van der Waals surface area contributed by atoms with Crippen molar-refractivity contribution in [2.45, 2.75) is 45.7 Å². The van der Waals surface area contributed by atoms with Gasteiger partial charge in [-0.2, -0.15) is 0 Å². The summed E-state index contributed by atoms with van der Waals surface area (Å²) in [6.45, 7) is 10.8. The van der Waals surface area contributed by atoms with Crippen LogP contribution in [-0.2, 0) is 4.79 Å². The van der Waals surface area contributed by atoms with Gasteiger partial charge in [-0.1, -0.05) is 6.92 Å². The van der Waals surface area contributed by atoms with Crippen LogP contribution < -0.4 is 10.6 Å². The second-order valence-electron chi connectivity index (χ2n) is 6.12. The molecule has 2 rings (SSSR count). The van der Waals surface area contributed by atoms with Crippen molar-refractivity contribution in [3.8, 4) is 0 Å². The lowest BCUT2D eigenvalue weighted by molar-refractivity contribution is -0.127. The first kappa shape index (κ1) is 13.8. The molecule has 18 heavy (non-hydrogen) atoms. The number of nitrogens with zero attached hydrogens (tertiary/aromatic N) is 1. The van der Waals surface area contributed by atoms with Crippen molar-refractivity contribution in [3.63, 3.8) is 0 Å². The number of hydrogen-bond acceptors (Lipinski definition) is 3. The molecule has 0 saturated carbocycles. The first-order valence-corrected chi connectivity index (χ1v) is 7.33. The molecule has 4 heteroatoms. The summed E-state index contributed by atoms with van der Waals surface area (Å²) in [5.74, 6) is 0.958. The summed E-state index contributed by atoms with van der Waals surface area (Å²) in [6.07, 6.45) is 2.19. The minimum absolute atomic E-state index is 0.161. The molecule has 0 bridgehead atoms. The highest BCUT2D eigenvalue weighted by molar-refractivity contribution is 5.79. The van der Waals surface area contributed by atoms with Gasteiger partial charge in [0.25, 0.3) is 0 Å². The van der Waals surface area contributed by atoms with Crippen molar-refractivity contribution in [2.75, 3.05) is 26.2 Å².